The molecule has 2 aromatic heterocycles. The molecule has 0 spiro atoms. The van der Waals surface area contributed by atoms with E-state index in [0.29, 0.717) is 23.1 Å². The number of benzene rings is 1. The van der Waals surface area contributed by atoms with Crippen LogP contribution in [0.5, 0.6) is 0 Å². The maximum atomic E-state index is 12.3. The number of oxazole rings is 1. The molecule has 1 aliphatic rings. The molecule has 3 heterocycles. The van der Waals surface area contributed by atoms with Gasteiger partial charge in [0.25, 0.3) is 0 Å². The van der Waals surface area contributed by atoms with Gasteiger partial charge in [-0.25, -0.2) is 4.98 Å². The van der Waals surface area contributed by atoms with Crippen LogP contribution in [-0.2, 0) is 17.8 Å². The number of aromatic amines is 1. The number of H-pyrrole nitrogens is 1. The number of fused-ring (bicyclic) bond motifs is 3. The molecule has 0 saturated carbocycles. The van der Waals surface area contributed by atoms with Crippen LogP contribution in [0.2, 0.25) is 10.0 Å². The van der Waals surface area contributed by atoms with Crippen molar-refractivity contribution < 1.29 is 9.21 Å². The first-order valence-corrected chi connectivity index (χ1v) is 8.73. The molecule has 1 amide bonds. The van der Waals surface area contributed by atoms with Crippen molar-refractivity contribution in [3.05, 3.63) is 45.7 Å². The Labute approximate surface area is 153 Å². The number of aromatic nitrogens is 2. The molecule has 0 radical (unpaired) electrons. The lowest BCUT2D eigenvalue weighted by atomic mass is 9.96. The van der Waals surface area contributed by atoms with Crippen molar-refractivity contribution in [1.82, 2.24) is 15.3 Å². The average molecular weight is 379 g/mol. The van der Waals surface area contributed by atoms with Crippen LogP contribution in [0.15, 0.2) is 23.1 Å². The number of carbonyl (C=O) groups excluding carboxylic acids is 1. The fraction of sp³-hybridized carbons (Fsp3) is 0.294. The highest BCUT2D eigenvalue weighted by Gasteiger charge is 2.28. The molecule has 0 unspecified atom stereocenters. The van der Waals surface area contributed by atoms with Crippen LogP contribution in [-0.4, -0.2) is 22.4 Å². The normalized spacial score (nSPS) is 17.2. The lowest BCUT2D eigenvalue weighted by molar-refractivity contribution is -0.121. The fourth-order valence-electron chi connectivity index (χ4n) is 3.31. The van der Waals surface area contributed by atoms with Crippen molar-refractivity contribution in [1.29, 1.82) is 0 Å². The van der Waals surface area contributed by atoms with Gasteiger partial charge < -0.3 is 20.0 Å². The molecule has 8 heteroatoms. The number of amides is 1. The topological polar surface area (TPSA) is 83.0 Å². The fourth-order valence-corrected chi connectivity index (χ4v) is 3.71. The molecule has 0 bridgehead atoms. The van der Waals surface area contributed by atoms with Gasteiger partial charge in [-0.15, -0.1) is 0 Å². The number of rotatable bonds is 3. The smallest absolute Gasteiger partial charge is 0.227 e. The van der Waals surface area contributed by atoms with Crippen LogP contribution in [0.4, 0.5) is 5.69 Å². The van der Waals surface area contributed by atoms with Crippen LogP contribution >= 0.6 is 23.2 Å². The predicted molar refractivity (Wildman–Crippen MR) is 97.3 cm³/mol. The Hall–Kier alpha value is -2.18. The van der Waals surface area contributed by atoms with Gasteiger partial charge in [0, 0.05) is 29.7 Å². The summed E-state index contributed by atoms with van der Waals surface area (Å²) in [6.07, 6.45) is 3.68. The van der Waals surface area contributed by atoms with Crippen molar-refractivity contribution >= 4 is 45.7 Å². The van der Waals surface area contributed by atoms with E-state index in [0.717, 1.165) is 40.0 Å². The summed E-state index contributed by atoms with van der Waals surface area (Å²) >= 11 is 12.7. The summed E-state index contributed by atoms with van der Waals surface area (Å²) in [4.78, 5) is 19.8. The molecular weight excluding hydrogens is 363 g/mol. The zero-order valence-electron chi connectivity index (χ0n) is 13.5. The quantitative estimate of drug-likeness (QED) is 0.646. The second-order valence-corrected chi connectivity index (χ2v) is 6.87. The third kappa shape index (κ3) is 2.75. The Bertz CT molecular complexity index is 950. The van der Waals surface area contributed by atoms with Crippen molar-refractivity contribution in [3.8, 4) is 0 Å². The van der Waals surface area contributed by atoms with E-state index in [1.165, 1.54) is 6.39 Å². The zero-order valence-corrected chi connectivity index (χ0v) is 15.0. The van der Waals surface area contributed by atoms with Gasteiger partial charge in [0.15, 0.2) is 6.39 Å². The molecule has 0 saturated heterocycles. The minimum absolute atomic E-state index is 0.00757. The summed E-state index contributed by atoms with van der Waals surface area (Å²) in [7, 11) is 0. The van der Waals surface area contributed by atoms with E-state index >= 15 is 0 Å². The Balaban J connectivity index is 1.88. The number of nitrogens with one attached hydrogen (secondary N) is 3. The van der Waals surface area contributed by atoms with Crippen molar-refractivity contribution in [2.24, 2.45) is 0 Å². The first-order chi connectivity index (χ1) is 12.1. The van der Waals surface area contributed by atoms with Gasteiger partial charge in [-0.2, -0.15) is 0 Å². The number of carbonyl (C=O) groups is 1. The van der Waals surface area contributed by atoms with Gasteiger partial charge in [0.2, 0.25) is 5.91 Å². The lowest BCUT2D eigenvalue weighted by Gasteiger charge is -2.13. The molecule has 1 atom stereocenters. The molecule has 1 aromatic carbocycles. The zero-order chi connectivity index (χ0) is 17.6. The summed E-state index contributed by atoms with van der Waals surface area (Å²) < 4.78 is 5.00. The number of hydrogen-bond donors (Lipinski definition) is 3. The van der Waals surface area contributed by atoms with Gasteiger partial charge in [0.1, 0.15) is 6.26 Å². The molecule has 4 rings (SSSR count). The van der Waals surface area contributed by atoms with E-state index in [4.69, 9.17) is 27.6 Å². The highest BCUT2D eigenvalue weighted by molar-refractivity contribution is 6.45. The average Bonchev–Trinajstić information content (AvgIpc) is 3.21. The third-order valence-electron chi connectivity index (χ3n) is 4.53. The summed E-state index contributed by atoms with van der Waals surface area (Å²) in [6, 6.07) is 1.79. The maximum absolute atomic E-state index is 12.3. The summed E-state index contributed by atoms with van der Waals surface area (Å²) in [6.45, 7) is 2.97. The molecule has 3 aromatic rings. The van der Waals surface area contributed by atoms with E-state index in [1.807, 2.05) is 6.92 Å². The number of anilines is 1. The van der Waals surface area contributed by atoms with E-state index < -0.39 is 0 Å². The lowest BCUT2D eigenvalue weighted by Crippen LogP contribution is -2.26. The predicted octanol–water partition coefficient (Wildman–Crippen LogP) is 3.85. The van der Waals surface area contributed by atoms with Crippen molar-refractivity contribution in [3.63, 3.8) is 0 Å². The Morgan fingerprint density at radius 3 is 3.04 bits per heavy atom. The second-order valence-electron chi connectivity index (χ2n) is 6.08. The molecule has 130 valence electrons. The van der Waals surface area contributed by atoms with E-state index in [9.17, 15) is 4.79 Å². The maximum Gasteiger partial charge on any atom is 0.227 e. The molecule has 1 aliphatic heterocycles. The van der Waals surface area contributed by atoms with Gasteiger partial charge in [-0.05, 0) is 18.6 Å². The third-order valence-corrected chi connectivity index (χ3v) is 5.32. The minimum atomic E-state index is -0.281. The second kappa shape index (κ2) is 6.28. The van der Waals surface area contributed by atoms with E-state index in [2.05, 4.69) is 20.6 Å². The van der Waals surface area contributed by atoms with Crippen molar-refractivity contribution in [2.45, 2.75) is 25.8 Å². The van der Waals surface area contributed by atoms with Crippen LogP contribution in [0.25, 0.3) is 10.9 Å². The molecule has 6 nitrogen and oxygen atoms in total. The van der Waals surface area contributed by atoms with Crippen LogP contribution < -0.4 is 10.6 Å². The van der Waals surface area contributed by atoms with Gasteiger partial charge >= 0.3 is 0 Å². The molecule has 25 heavy (non-hydrogen) atoms. The molecule has 3 N–H and O–H groups in total. The van der Waals surface area contributed by atoms with Crippen LogP contribution in [0.3, 0.4) is 0 Å². The first kappa shape index (κ1) is 16.3. The van der Waals surface area contributed by atoms with Crippen molar-refractivity contribution in [2.75, 3.05) is 11.9 Å². The van der Waals surface area contributed by atoms with Crippen LogP contribution in [0.1, 0.15) is 29.8 Å². The first-order valence-electron chi connectivity index (χ1n) is 7.97. The van der Waals surface area contributed by atoms with E-state index in [-0.39, 0.29) is 11.8 Å². The standard InChI is InChI=1S/C17H16Cl2N4O2/c1-8-13-11(2-3-20-17(8)24)23-16-14(13)12(4-10(18)15(16)19)21-5-9-6-25-7-22-9/h4,6-8,21,23H,2-3,5H2,1H3,(H,20,24)/t8-/m1/s1. The van der Waals surface area contributed by atoms with Gasteiger partial charge in [-0.3, -0.25) is 4.79 Å². The van der Waals surface area contributed by atoms with E-state index in [1.54, 1.807) is 12.3 Å². The summed E-state index contributed by atoms with van der Waals surface area (Å²) in [5, 5.41) is 8.08. The summed E-state index contributed by atoms with van der Waals surface area (Å²) in [5.41, 5.74) is 4.31. The Kier molecular flexibility index (Phi) is 4.09. The van der Waals surface area contributed by atoms with Gasteiger partial charge in [0.05, 0.1) is 33.7 Å². The SMILES string of the molecule is C[C@H]1C(=O)NCCc2[nH]c3c(Cl)c(Cl)cc(NCc4cocn4)c3c21. The minimum Gasteiger partial charge on any atom is -0.451 e. The largest absolute Gasteiger partial charge is 0.451 e. The molecule has 0 aliphatic carbocycles. The highest BCUT2D eigenvalue weighted by atomic mass is 35.5. The molecule has 0 fully saturated rings. The molecular formula is C17H16Cl2N4O2. The monoisotopic (exact) mass is 378 g/mol. The Morgan fingerprint density at radius 1 is 1.44 bits per heavy atom. The van der Waals surface area contributed by atoms with Gasteiger partial charge in [-0.1, -0.05) is 23.2 Å². The summed E-state index contributed by atoms with van der Waals surface area (Å²) in [5.74, 6) is -0.274. The Morgan fingerprint density at radius 2 is 2.28 bits per heavy atom. The number of nitrogens with zero attached hydrogens (tertiary/aromatic N) is 1. The highest BCUT2D eigenvalue weighted by Crippen LogP contribution is 2.42. The number of hydrogen-bond acceptors (Lipinski definition) is 4. The number of halogens is 2. The van der Waals surface area contributed by atoms with Crippen LogP contribution in [0, 0.1) is 0 Å².